The maximum absolute atomic E-state index is 4.22. The van der Waals surface area contributed by atoms with Crippen molar-refractivity contribution < 1.29 is 0 Å². The van der Waals surface area contributed by atoms with Gasteiger partial charge in [0.2, 0.25) is 0 Å². The van der Waals surface area contributed by atoms with Crippen LogP contribution >= 0.6 is 24.0 Å². The van der Waals surface area contributed by atoms with Crippen LogP contribution in [0, 0.1) is 11.8 Å². The minimum atomic E-state index is 0. The highest BCUT2D eigenvalue weighted by molar-refractivity contribution is 14.0. The molecule has 0 unspecified atom stereocenters. The topological polar surface area (TPSA) is 36.4 Å². The van der Waals surface area contributed by atoms with Crippen LogP contribution in [0.15, 0.2) is 4.99 Å². The molecule has 0 spiro atoms. The van der Waals surface area contributed by atoms with Gasteiger partial charge >= 0.3 is 0 Å². The van der Waals surface area contributed by atoms with Gasteiger partial charge in [-0.25, -0.2) is 0 Å². The van der Waals surface area contributed by atoms with Gasteiger partial charge in [-0.2, -0.15) is 0 Å². The van der Waals surface area contributed by atoms with Crippen LogP contribution in [0.4, 0.5) is 0 Å². The highest BCUT2D eigenvalue weighted by atomic mass is 127. The van der Waals surface area contributed by atoms with Crippen molar-refractivity contribution in [2.45, 2.75) is 46.0 Å². The summed E-state index contributed by atoms with van der Waals surface area (Å²) < 4.78 is 0. The third-order valence-corrected chi connectivity index (χ3v) is 3.46. The maximum atomic E-state index is 4.22. The first-order valence-electron chi connectivity index (χ1n) is 6.70. The fraction of sp³-hybridized carbons (Fsp3) is 0.923. The predicted octanol–water partition coefficient (Wildman–Crippen LogP) is 3.01. The first kappa shape index (κ1) is 17.0. The molecule has 0 atom stereocenters. The monoisotopic (exact) mass is 353 g/mol. The van der Waals surface area contributed by atoms with E-state index in [1.807, 2.05) is 7.05 Å². The molecule has 0 aromatic carbocycles. The van der Waals surface area contributed by atoms with Crippen LogP contribution in [-0.4, -0.2) is 26.1 Å². The lowest BCUT2D eigenvalue weighted by Gasteiger charge is -2.26. The summed E-state index contributed by atoms with van der Waals surface area (Å²) in [5.41, 5.74) is 0. The van der Waals surface area contributed by atoms with E-state index in [9.17, 15) is 0 Å². The number of hydrogen-bond donors (Lipinski definition) is 2. The minimum absolute atomic E-state index is 0. The Balaban J connectivity index is 0.00000256. The fourth-order valence-corrected chi connectivity index (χ4v) is 2.24. The molecule has 0 aromatic heterocycles. The molecule has 102 valence electrons. The Morgan fingerprint density at radius 3 is 2.35 bits per heavy atom. The third-order valence-electron chi connectivity index (χ3n) is 3.46. The molecular weight excluding hydrogens is 325 g/mol. The number of aliphatic imine (C=N–C) groups is 1. The summed E-state index contributed by atoms with van der Waals surface area (Å²) in [4.78, 5) is 4.22. The van der Waals surface area contributed by atoms with Crippen LogP contribution in [0.3, 0.4) is 0 Å². The van der Waals surface area contributed by atoms with E-state index in [1.165, 1.54) is 25.7 Å². The van der Waals surface area contributed by atoms with Crippen molar-refractivity contribution in [1.29, 1.82) is 0 Å². The molecule has 0 saturated heterocycles. The smallest absolute Gasteiger partial charge is 0.190 e. The normalized spacial score (nSPS) is 25.0. The van der Waals surface area contributed by atoms with Crippen molar-refractivity contribution in [2.24, 2.45) is 16.8 Å². The average molecular weight is 353 g/mol. The minimum Gasteiger partial charge on any atom is -0.356 e. The molecule has 0 aromatic rings. The van der Waals surface area contributed by atoms with Crippen molar-refractivity contribution in [2.75, 3.05) is 20.1 Å². The summed E-state index contributed by atoms with van der Waals surface area (Å²) in [7, 11) is 1.84. The molecule has 3 nitrogen and oxygen atoms in total. The molecule has 0 bridgehead atoms. The highest BCUT2D eigenvalue weighted by Crippen LogP contribution is 2.27. The lowest BCUT2D eigenvalue weighted by Crippen LogP contribution is -2.40. The fourth-order valence-electron chi connectivity index (χ4n) is 2.24. The number of halogens is 1. The number of nitrogens with zero attached hydrogens (tertiary/aromatic N) is 1. The Kier molecular flexibility index (Phi) is 9.97. The SMILES string of the molecule is CCCNC(=NC)NCC1CCC(C)CC1.I. The molecule has 2 N–H and O–H groups in total. The van der Waals surface area contributed by atoms with E-state index in [-0.39, 0.29) is 24.0 Å². The zero-order valence-corrected chi connectivity index (χ0v) is 13.8. The zero-order chi connectivity index (χ0) is 11.8. The van der Waals surface area contributed by atoms with E-state index in [1.54, 1.807) is 0 Å². The summed E-state index contributed by atoms with van der Waals surface area (Å²) in [6.07, 6.45) is 6.68. The molecule has 1 saturated carbocycles. The molecule has 17 heavy (non-hydrogen) atoms. The lowest BCUT2D eigenvalue weighted by atomic mass is 9.83. The maximum Gasteiger partial charge on any atom is 0.190 e. The van der Waals surface area contributed by atoms with Gasteiger partial charge in [0.25, 0.3) is 0 Å². The predicted molar refractivity (Wildman–Crippen MR) is 86.2 cm³/mol. The van der Waals surface area contributed by atoms with E-state index in [0.717, 1.165) is 37.3 Å². The largest absolute Gasteiger partial charge is 0.356 e. The van der Waals surface area contributed by atoms with Crippen molar-refractivity contribution in [1.82, 2.24) is 10.6 Å². The first-order chi connectivity index (χ1) is 7.76. The second kappa shape index (κ2) is 9.97. The van der Waals surface area contributed by atoms with Crippen LogP contribution in [0.2, 0.25) is 0 Å². The van der Waals surface area contributed by atoms with Crippen molar-refractivity contribution in [3.05, 3.63) is 0 Å². The molecule has 0 amide bonds. The number of nitrogens with one attached hydrogen (secondary N) is 2. The van der Waals surface area contributed by atoms with Crippen molar-refractivity contribution in [3.8, 4) is 0 Å². The lowest BCUT2D eigenvalue weighted by molar-refractivity contribution is 0.289. The molecule has 0 aliphatic heterocycles. The molecule has 1 fully saturated rings. The van der Waals surface area contributed by atoms with Gasteiger partial charge in [-0.15, -0.1) is 24.0 Å². The van der Waals surface area contributed by atoms with Crippen molar-refractivity contribution in [3.63, 3.8) is 0 Å². The Bertz CT molecular complexity index is 211. The van der Waals surface area contributed by atoms with Gasteiger partial charge in [0.15, 0.2) is 5.96 Å². The van der Waals surface area contributed by atoms with E-state index >= 15 is 0 Å². The molecule has 0 radical (unpaired) electrons. The quantitative estimate of drug-likeness (QED) is 0.463. The summed E-state index contributed by atoms with van der Waals surface area (Å²) >= 11 is 0. The Morgan fingerprint density at radius 1 is 1.18 bits per heavy atom. The number of guanidine groups is 1. The second-order valence-electron chi connectivity index (χ2n) is 5.01. The van der Waals surface area contributed by atoms with Crippen LogP contribution in [0.25, 0.3) is 0 Å². The molecule has 1 aliphatic rings. The second-order valence-corrected chi connectivity index (χ2v) is 5.01. The summed E-state index contributed by atoms with van der Waals surface area (Å²) in [6.45, 7) is 6.62. The molecular formula is C13H28IN3. The van der Waals surface area contributed by atoms with E-state index in [4.69, 9.17) is 0 Å². The van der Waals surface area contributed by atoms with Crippen molar-refractivity contribution >= 4 is 29.9 Å². The highest BCUT2D eigenvalue weighted by Gasteiger charge is 2.17. The van der Waals surface area contributed by atoms with Crippen LogP contribution in [-0.2, 0) is 0 Å². The summed E-state index contributed by atoms with van der Waals surface area (Å²) in [6, 6.07) is 0. The molecule has 0 heterocycles. The Hall–Kier alpha value is 0. The number of hydrogen-bond acceptors (Lipinski definition) is 1. The van der Waals surface area contributed by atoms with Gasteiger partial charge in [0.1, 0.15) is 0 Å². The van der Waals surface area contributed by atoms with Gasteiger partial charge < -0.3 is 10.6 Å². The van der Waals surface area contributed by atoms with Crippen LogP contribution in [0.5, 0.6) is 0 Å². The summed E-state index contributed by atoms with van der Waals surface area (Å²) in [5, 5.41) is 6.73. The van der Waals surface area contributed by atoms with Gasteiger partial charge in [-0.05, 0) is 31.1 Å². The number of rotatable bonds is 4. The average Bonchev–Trinajstić information content (AvgIpc) is 2.32. The standard InChI is InChI=1S/C13H27N3.HI/c1-4-9-15-13(14-3)16-10-12-7-5-11(2)6-8-12;/h11-12H,4-10H2,1-3H3,(H2,14,15,16);1H. The Morgan fingerprint density at radius 2 is 1.82 bits per heavy atom. The molecule has 1 aliphatic carbocycles. The first-order valence-corrected chi connectivity index (χ1v) is 6.70. The van der Waals surface area contributed by atoms with Gasteiger partial charge in [-0.3, -0.25) is 4.99 Å². The van der Waals surface area contributed by atoms with Gasteiger partial charge in [-0.1, -0.05) is 26.7 Å². The zero-order valence-electron chi connectivity index (χ0n) is 11.5. The van der Waals surface area contributed by atoms with E-state index in [0.29, 0.717) is 0 Å². The van der Waals surface area contributed by atoms with Crippen LogP contribution < -0.4 is 10.6 Å². The van der Waals surface area contributed by atoms with E-state index in [2.05, 4.69) is 29.5 Å². The molecule has 1 rings (SSSR count). The van der Waals surface area contributed by atoms with Gasteiger partial charge in [0.05, 0.1) is 0 Å². The van der Waals surface area contributed by atoms with E-state index < -0.39 is 0 Å². The third kappa shape index (κ3) is 7.11. The van der Waals surface area contributed by atoms with Crippen LogP contribution in [0.1, 0.15) is 46.0 Å². The Labute approximate surface area is 123 Å². The van der Waals surface area contributed by atoms with Gasteiger partial charge in [0, 0.05) is 20.1 Å². The molecule has 4 heteroatoms. The summed E-state index contributed by atoms with van der Waals surface area (Å²) in [5.74, 6) is 2.74.